The lowest BCUT2D eigenvalue weighted by Crippen LogP contribution is -1.95. The predicted octanol–water partition coefficient (Wildman–Crippen LogP) is 3.65. The average Bonchev–Trinajstić information content (AvgIpc) is 2.45. The number of hydrogen-bond donors (Lipinski definition) is 2. The molecule has 0 saturated heterocycles. The highest BCUT2D eigenvalue weighted by molar-refractivity contribution is 9.10. The second-order valence-electron chi connectivity index (χ2n) is 2.77. The predicted molar refractivity (Wildman–Crippen MR) is 63.7 cm³/mol. The van der Waals surface area contributed by atoms with Crippen LogP contribution in [0.15, 0.2) is 26.9 Å². The Hall–Kier alpha value is -0.520. The van der Waals surface area contributed by atoms with Crippen LogP contribution in [0.2, 0.25) is 0 Å². The molecular formula is C9H5BrO2S2. The molecule has 0 aliphatic rings. The normalized spacial score (nSPS) is 10.7. The summed E-state index contributed by atoms with van der Waals surface area (Å²) in [5.41, 5.74) is 0.288. The highest BCUT2D eigenvalue weighted by Crippen LogP contribution is 2.34. The summed E-state index contributed by atoms with van der Waals surface area (Å²) in [6.07, 6.45) is 0. The van der Waals surface area contributed by atoms with Crippen molar-refractivity contribution in [2.24, 2.45) is 0 Å². The summed E-state index contributed by atoms with van der Waals surface area (Å²) < 4.78 is 2.71. The first-order chi connectivity index (χ1) is 6.58. The summed E-state index contributed by atoms with van der Waals surface area (Å²) >= 11 is 9.09. The van der Waals surface area contributed by atoms with Gasteiger partial charge in [-0.1, -0.05) is 0 Å². The van der Waals surface area contributed by atoms with Crippen LogP contribution in [-0.4, -0.2) is 11.1 Å². The Balaban J connectivity index is 2.77. The van der Waals surface area contributed by atoms with E-state index in [9.17, 15) is 4.79 Å². The van der Waals surface area contributed by atoms with Gasteiger partial charge in [0.25, 0.3) is 0 Å². The van der Waals surface area contributed by atoms with E-state index in [2.05, 4.69) is 28.6 Å². The molecule has 0 aliphatic carbocycles. The Kier molecular flexibility index (Phi) is 2.55. The summed E-state index contributed by atoms with van der Waals surface area (Å²) in [5.74, 6) is -0.917. The molecule has 1 aromatic carbocycles. The zero-order valence-corrected chi connectivity index (χ0v) is 10.1. The summed E-state index contributed by atoms with van der Waals surface area (Å²) in [5, 5.41) is 9.75. The lowest BCUT2D eigenvalue weighted by atomic mass is 10.2. The Bertz CT molecular complexity index is 519. The quantitative estimate of drug-likeness (QED) is 0.786. The van der Waals surface area contributed by atoms with E-state index in [-0.39, 0.29) is 5.56 Å². The minimum atomic E-state index is -0.917. The molecule has 72 valence electrons. The van der Waals surface area contributed by atoms with Crippen molar-refractivity contribution in [2.45, 2.75) is 4.21 Å². The molecule has 5 heteroatoms. The molecule has 0 fully saturated rings. The number of carboxylic acid groups (broad SMARTS) is 1. The van der Waals surface area contributed by atoms with Crippen LogP contribution in [0.3, 0.4) is 0 Å². The van der Waals surface area contributed by atoms with Gasteiger partial charge in [-0.15, -0.1) is 24.0 Å². The van der Waals surface area contributed by atoms with E-state index in [0.717, 1.165) is 18.8 Å². The summed E-state index contributed by atoms with van der Waals surface area (Å²) in [4.78, 5) is 10.8. The maximum absolute atomic E-state index is 10.8. The first-order valence-corrected chi connectivity index (χ1v) is 5.79. The van der Waals surface area contributed by atoms with Crippen LogP contribution in [0.25, 0.3) is 10.1 Å². The molecule has 2 aromatic rings. The van der Waals surface area contributed by atoms with Gasteiger partial charge < -0.3 is 5.11 Å². The van der Waals surface area contributed by atoms with Crippen LogP contribution >= 0.6 is 39.9 Å². The molecule has 14 heavy (non-hydrogen) atoms. The van der Waals surface area contributed by atoms with E-state index in [0.29, 0.717) is 0 Å². The van der Waals surface area contributed by atoms with Crippen molar-refractivity contribution < 1.29 is 9.90 Å². The molecule has 0 amide bonds. The lowest BCUT2D eigenvalue weighted by Gasteiger charge is -1.97. The monoisotopic (exact) mass is 288 g/mol. The van der Waals surface area contributed by atoms with Crippen molar-refractivity contribution in [1.82, 2.24) is 0 Å². The van der Waals surface area contributed by atoms with Gasteiger partial charge in [-0.25, -0.2) is 4.79 Å². The third-order valence-corrected chi connectivity index (χ3v) is 4.08. The van der Waals surface area contributed by atoms with Gasteiger partial charge in [0.2, 0.25) is 0 Å². The molecular weight excluding hydrogens is 284 g/mol. The van der Waals surface area contributed by atoms with E-state index in [1.165, 1.54) is 11.3 Å². The number of carboxylic acids is 1. The van der Waals surface area contributed by atoms with Crippen molar-refractivity contribution in [1.29, 1.82) is 0 Å². The highest BCUT2D eigenvalue weighted by atomic mass is 79.9. The molecule has 0 aliphatic heterocycles. The van der Waals surface area contributed by atoms with E-state index in [4.69, 9.17) is 5.11 Å². The third-order valence-electron chi connectivity index (χ3n) is 1.80. The van der Waals surface area contributed by atoms with Crippen LogP contribution in [0.4, 0.5) is 0 Å². The minimum Gasteiger partial charge on any atom is -0.478 e. The number of halogens is 1. The van der Waals surface area contributed by atoms with Crippen LogP contribution in [0, 0.1) is 0 Å². The molecule has 0 bridgehead atoms. The van der Waals surface area contributed by atoms with Gasteiger partial charge in [0.1, 0.15) is 0 Å². The number of carbonyl (C=O) groups is 1. The summed E-state index contributed by atoms with van der Waals surface area (Å²) in [6, 6.07) is 5.12. The maximum atomic E-state index is 10.8. The zero-order chi connectivity index (χ0) is 10.3. The largest absolute Gasteiger partial charge is 0.478 e. The van der Waals surface area contributed by atoms with Crippen molar-refractivity contribution in [3.8, 4) is 0 Å². The van der Waals surface area contributed by atoms with Crippen LogP contribution in [0.1, 0.15) is 10.4 Å². The maximum Gasteiger partial charge on any atom is 0.335 e. The van der Waals surface area contributed by atoms with E-state index in [1.807, 2.05) is 6.07 Å². The fourth-order valence-electron chi connectivity index (χ4n) is 1.22. The van der Waals surface area contributed by atoms with Gasteiger partial charge in [-0.3, -0.25) is 0 Å². The molecule has 1 N–H and O–H groups in total. The Labute approximate surface area is 98.1 Å². The first kappa shape index (κ1) is 10.0. The van der Waals surface area contributed by atoms with E-state index < -0.39 is 5.97 Å². The topological polar surface area (TPSA) is 37.3 Å². The number of fused-ring (bicyclic) bond motifs is 1. The van der Waals surface area contributed by atoms with Gasteiger partial charge >= 0.3 is 5.97 Å². The van der Waals surface area contributed by atoms with Crippen molar-refractivity contribution in [3.05, 3.63) is 28.2 Å². The van der Waals surface area contributed by atoms with Crippen molar-refractivity contribution >= 4 is 56.0 Å². The Morgan fingerprint density at radius 2 is 2.14 bits per heavy atom. The van der Waals surface area contributed by atoms with Crippen LogP contribution < -0.4 is 0 Å². The molecule has 0 unspecified atom stereocenters. The van der Waals surface area contributed by atoms with Crippen LogP contribution in [-0.2, 0) is 0 Å². The third kappa shape index (κ3) is 1.67. The second kappa shape index (κ2) is 3.56. The SMILES string of the molecule is O=C(O)c1cc(Br)c2sc(S)cc2c1. The van der Waals surface area contributed by atoms with Gasteiger partial charge in [-0.05, 0) is 39.5 Å². The van der Waals surface area contributed by atoms with Crippen molar-refractivity contribution in [2.75, 3.05) is 0 Å². The number of thiol groups is 1. The Morgan fingerprint density at radius 3 is 2.79 bits per heavy atom. The molecule has 0 atom stereocenters. The van der Waals surface area contributed by atoms with Crippen molar-refractivity contribution in [3.63, 3.8) is 0 Å². The van der Waals surface area contributed by atoms with E-state index in [1.54, 1.807) is 12.1 Å². The zero-order valence-electron chi connectivity index (χ0n) is 6.82. The second-order valence-corrected chi connectivity index (χ2v) is 5.46. The molecule has 2 rings (SSSR count). The highest BCUT2D eigenvalue weighted by Gasteiger charge is 2.09. The lowest BCUT2D eigenvalue weighted by molar-refractivity contribution is 0.0697. The number of rotatable bonds is 1. The van der Waals surface area contributed by atoms with Crippen LogP contribution in [0.5, 0.6) is 0 Å². The van der Waals surface area contributed by atoms with Gasteiger partial charge in [-0.2, -0.15) is 0 Å². The number of aromatic carboxylic acids is 1. The number of thiophene rings is 1. The molecule has 1 heterocycles. The molecule has 0 saturated carbocycles. The molecule has 0 spiro atoms. The van der Waals surface area contributed by atoms with Gasteiger partial charge in [0.05, 0.1) is 9.77 Å². The first-order valence-electron chi connectivity index (χ1n) is 3.73. The van der Waals surface area contributed by atoms with E-state index >= 15 is 0 Å². The fourth-order valence-corrected chi connectivity index (χ4v) is 3.14. The number of benzene rings is 1. The molecule has 0 radical (unpaired) electrons. The standard InChI is InChI=1S/C9H5BrO2S2/c10-6-2-5(9(11)12)1-4-3-7(13)14-8(4)6/h1-3,13H,(H,11,12). The van der Waals surface area contributed by atoms with Gasteiger partial charge in [0.15, 0.2) is 0 Å². The summed E-state index contributed by atoms with van der Waals surface area (Å²) in [6.45, 7) is 0. The minimum absolute atomic E-state index is 0.288. The fraction of sp³-hybridized carbons (Fsp3) is 0. The average molecular weight is 289 g/mol. The molecule has 2 nitrogen and oxygen atoms in total. The van der Waals surface area contributed by atoms with Gasteiger partial charge in [0, 0.05) is 9.17 Å². The smallest absolute Gasteiger partial charge is 0.335 e. The molecule has 1 aromatic heterocycles. The Morgan fingerprint density at radius 1 is 1.43 bits per heavy atom. The summed E-state index contributed by atoms with van der Waals surface area (Å²) in [7, 11) is 0. The number of hydrogen-bond acceptors (Lipinski definition) is 3.